The molecule has 0 aromatic heterocycles. The second-order valence-electron chi connectivity index (χ2n) is 6.39. The molecule has 2 heterocycles. The number of ether oxygens (including phenoxy) is 2. The smallest absolute Gasteiger partial charge is 0.0622 e. The van der Waals surface area contributed by atoms with Crippen LogP contribution in [0.1, 0.15) is 25.7 Å². The average Bonchev–Trinajstić information content (AvgIpc) is 2.87. The van der Waals surface area contributed by atoms with Crippen molar-refractivity contribution in [2.24, 2.45) is 5.41 Å². The van der Waals surface area contributed by atoms with E-state index < -0.39 is 0 Å². The van der Waals surface area contributed by atoms with Gasteiger partial charge in [0.25, 0.3) is 0 Å². The second kappa shape index (κ2) is 5.45. The van der Waals surface area contributed by atoms with E-state index in [2.05, 4.69) is 17.3 Å². The molecule has 2 aliphatic heterocycles. The summed E-state index contributed by atoms with van der Waals surface area (Å²) in [6.07, 6.45) is 5.11. The highest BCUT2D eigenvalue weighted by molar-refractivity contribution is 4.92. The summed E-state index contributed by atoms with van der Waals surface area (Å²) < 4.78 is 11.2. The Morgan fingerprint density at radius 1 is 1.22 bits per heavy atom. The third-order valence-corrected chi connectivity index (χ3v) is 4.64. The molecule has 0 aromatic rings. The van der Waals surface area contributed by atoms with E-state index in [1.165, 1.54) is 25.7 Å². The molecule has 4 heteroatoms. The summed E-state index contributed by atoms with van der Waals surface area (Å²) >= 11 is 0. The Morgan fingerprint density at radius 2 is 2.11 bits per heavy atom. The predicted octanol–water partition coefficient (Wildman–Crippen LogP) is 0.866. The number of nitrogens with one attached hydrogen (secondary N) is 1. The number of likely N-dealkylation sites (N-methyl/N-ethyl adjacent to an activating group) is 1. The molecule has 1 aliphatic carbocycles. The fraction of sp³-hybridized carbons (Fsp3) is 1.00. The molecule has 3 aliphatic rings. The minimum Gasteiger partial charge on any atom is -0.381 e. The first-order chi connectivity index (χ1) is 8.77. The van der Waals surface area contributed by atoms with Gasteiger partial charge in [0, 0.05) is 43.8 Å². The monoisotopic (exact) mass is 254 g/mol. The van der Waals surface area contributed by atoms with Gasteiger partial charge in [-0.3, -0.25) is 0 Å². The lowest BCUT2D eigenvalue weighted by Gasteiger charge is -2.35. The molecule has 2 atom stereocenters. The fourth-order valence-electron chi connectivity index (χ4n) is 3.15. The van der Waals surface area contributed by atoms with E-state index in [1.807, 2.05) is 0 Å². The highest BCUT2D eigenvalue weighted by Crippen LogP contribution is 2.31. The average molecular weight is 254 g/mol. The predicted molar refractivity (Wildman–Crippen MR) is 70.7 cm³/mol. The molecule has 2 saturated heterocycles. The van der Waals surface area contributed by atoms with Gasteiger partial charge in [0.1, 0.15) is 0 Å². The summed E-state index contributed by atoms with van der Waals surface area (Å²) in [7, 11) is 2.25. The molecule has 0 bridgehead atoms. The van der Waals surface area contributed by atoms with Gasteiger partial charge < -0.3 is 19.7 Å². The zero-order chi connectivity index (χ0) is 12.4. The Bertz CT molecular complexity index is 269. The van der Waals surface area contributed by atoms with Gasteiger partial charge in [-0.1, -0.05) is 0 Å². The van der Waals surface area contributed by atoms with Gasteiger partial charge in [0.15, 0.2) is 0 Å². The van der Waals surface area contributed by atoms with Crippen molar-refractivity contribution in [3.63, 3.8) is 0 Å². The van der Waals surface area contributed by atoms with Crippen molar-refractivity contribution < 1.29 is 9.47 Å². The first-order valence-electron chi connectivity index (χ1n) is 7.37. The SMILES string of the molecule is CN(CC1(CNC2CC2)CCOC1)C1CCOC1. The van der Waals surface area contributed by atoms with E-state index in [4.69, 9.17) is 9.47 Å². The molecule has 104 valence electrons. The molecular formula is C14H26N2O2. The molecule has 0 aromatic carbocycles. The van der Waals surface area contributed by atoms with Crippen LogP contribution in [0.5, 0.6) is 0 Å². The van der Waals surface area contributed by atoms with Gasteiger partial charge in [-0.15, -0.1) is 0 Å². The topological polar surface area (TPSA) is 33.7 Å². The van der Waals surface area contributed by atoms with Gasteiger partial charge in [-0.05, 0) is 32.7 Å². The van der Waals surface area contributed by atoms with E-state index in [0.29, 0.717) is 11.5 Å². The van der Waals surface area contributed by atoms with Crippen LogP contribution in [-0.2, 0) is 9.47 Å². The maximum atomic E-state index is 5.68. The molecule has 4 nitrogen and oxygen atoms in total. The van der Waals surface area contributed by atoms with E-state index in [1.54, 1.807) is 0 Å². The molecule has 1 saturated carbocycles. The fourth-order valence-corrected chi connectivity index (χ4v) is 3.15. The van der Waals surface area contributed by atoms with E-state index in [9.17, 15) is 0 Å². The maximum Gasteiger partial charge on any atom is 0.0622 e. The van der Waals surface area contributed by atoms with Crippen molar-refractivity contribution in [1.29, 1.82) is 0 Å². The summed E-state index contributed by atoms with van der Waals surface area (Å²) in [6, 6.07) is 1.41. The summed E-state index contributed by atoms with van der Waals surface area (Å²) in [6.45, 7) is 5.95. The minimum absolute atomic E-state index is 0.333. The van der Waals surface area contributed by atoms with Gasteiger partial charge in [0.05, 0.1) is 13.2 Å². The Morgan fingerprint density at radius 3 is 2.72 bits per heavy atom. The van der Waals surface area contributed by atoms with Crippen molar-refractivity contribution >= 4 is 0 Å². The molecule has 0 amide bonds. The Labute approximate surface area is 110 Å². The van der Waals surface area contributed by atoms with Gasteiger partial charge in [0.2, 0.25) is 0 Å². The van der Waals surface area contributed by atoms with Crippen LogP contribution in [0.25, 0.3) is 0 Å². The molecule has 1 N–H and O–H groups in total. The van der Waals surface area contributed by atoms with Crippen LogP contribution in [0.3, 0.4) is 0 Å². The first kappa shape index (κ1) is 12.9. The van der Waals surface area contributed by atoms with Gasteiger partial charge in [-0.2, -0.15) is 0 Å². The normalized spacial score (nSPS) is 36.7. The second-order valence-corrected chi connectivity index (χ2v) is 6.39. The van der Waals surface area contributed by atoms with Crippen molar-refractivity contribution in [3.05, 3.63) is 0 Å². The first-order valence-corrected chi connectivity index (χ1v) is 7.37. The summed E-state index contributed by atoms with van der Waals surface area (Å²) in [5.74, 6) is 0. The van der Waals surface area contributed by atoms with Crippen LogP contribution < -0.4 is 5.32 Å². The summed E-state index contributed by atoms with van der Waals surface area (Å²) in [5, 5.41) is 3.70. The third-order valence-electron chi connectivity index (χ3n) is 4.64. The molecular weight excluding hydrogens is 228 g/mol. The number of hydrogen-bond acceptors (Lipinski definition) is 4. The van der Waals surface area contributed by atoms with Crippen LogP contribution in [0.4, 0.5) is 0 Å². The zero-order valence-electron chi connectivity index (χ0n) is 11.5. The maximum absolute atomic E-state index is 5.68. The van der Waals surface area contributed by atoms with Crippen molar-refractivity contribution in [2.45, 2.75) is 37.8 Å². The molecule has 3 fully saturated rings. The number of nitrogens with zero attached hydrogens (tertiary/aromatic N) is 1. The highest BCUT2D eigenvalue weighted by atomic mass is 16.5. The number of rotatable bonds is 6. The van der Waals surface area contributed by atoms with Crippen molar-refractivity contribution in [3.8, 4) is 0 Å². The standard InChI is InChI=1S/C14H26N2O2/c1-16(13-4-6-17-8-13)10-14(5-7-18-11-14)9-15-12-2-3-12/h12-13,15H,2-11H2,1H3. The largest absolute Gasteiger partial charge is 0.381 e. The van der Waals surface area contributed by atoms with Crippen LogP contribution in [-0.4, -0.2) is 63.5 Å². The molecule has 2 unspecified atom stereocenters. The quantitative estimate of drug-likeness (QED) is 0.762. The summed E-state index contributed by atoms with van der Waals surface area (Å²) in [5.41, 5.74) is 0.333. The molecule has 0 spiro atoms. The highest BCUT2D eigenvalue weighted by Gasteiger charge is 2.38. The van der Waals surface area contributed by atoms with Crippen molar-refractivity contribution in [2.75, 3.05) is 46.6 Å². The molecule has 0 radical (unpaired) electrons. The van der Waals surface area contributed by atoms with E-state index >= 15 is 0 Å². The number of hydrogen-bond donors (Lipinski definition) is 1. The summed E-state index contributed by atoms with van der Waals surface area (Å²) in [4.78, 5) is 2.50. The van der Waals surface area contributed by atoms with E-state index in [-0.39, 0.29) is 0 Å². The Hall–Kier alpha value is -0.160. The lowest BCUT2D eigenvalue weighted by molar-refractivity contribution is 0.0923. The lowest BCUT2D eigenvalue weighted by Crippen LogP contribution is -2.47. The van der Waals surface area contributed by atoms with E-state index in [0.717, 1.165) is 45.6 Å². The van der Waals surface area contributed by atoms with Gasteiger partial charge >= 0.3 is 0 Å². The van der Waals surface area contributed by atoms with Crippen LogP contribution in [0, 0.1) is 5.41 Å². The van der Waals surface area contributed by atoms with Crippen LogP contribution in [0.2, 0.25) is 0 Å². The zero-order valence-corrected chi connectivity index (χ0v) is 11.5. The Kier molecular flexibility index (Phi) is 3.89. The van der Waals surface area contributed by atoms with Gasteiger partial charge in [-0.25, -0.2) is 0 Å². The van der Waals surface area contributed by atoms with Crippen molar-refractivity contribution in [1.82, 2.24) is 10.2 Å². The Balaban J connectivity index is 1.54. The lowest BCUT2D eigenvalue weighted by atomic mass is 9.86. The third kappa shape index (κ3) is 3.05. The van der Waals surface area contributed by atoms with Crippen LogP contribution >= 0.6 is 0 Å². The van der Waals surface area contributed by atoms with Crippen LogP contribution in [0.15, 0.2) is 0 Å². The molecule has 18 heavy (non-hydrogen) atoms. The molecule has 3 rings (SSSR count). The minimum atomic E-state index is 0.333.